The van der Waals surface area contributed by atoms with Crippen molar-refractivity contribution in [1.29, 1.82) is 0 Å². The summed E-state index contributed by atoms with van der Waals surface area (Å²) in [6, 6.07) is 0.0576. The molecule has 1 aliphatic heterocycles. The third-order valence-electron chi connectivity index (χ3n) is 4.01. The number of hydrogen-bond donors (Lipinski definition) is 1. The van der Waals surface area contributed by atoms with Gasteiger partial charge in [-0.25, -0.2) is 0 Å². The monoisotopic (exact) mass is 300 g/mol. The van der Waals surface area contributed by atoms with Crippen LogP contribution in [0, 0.1) is 0 Å². The topological polar surface area (TPSA) is 42.3 Å². The van der Waals surface area contributed by atoms with Gasteiger partial charge in [0.2, 0.25) is 0 Å². The van der Waals surface area contributed by atoms with Crippen LogP contribution in [0.3, 0.4) is 0 Å². The zero-order chi connectivity index (χ0) is 14.8. The summed E-state index contributed by atoms with van der Waals surface area (Å²) in [7, 11) is 6.07. The molecule has 1 saturated heterocycles. The van der Waals surface area contributed by atoms with Gasteiger partial charge < -0.3 is 15.0 Å². The third-order valence-corrected chi connectivity index (χ3v) is 4.31. The highest BCUT2D eigenvalue weighted by atomic mass is 35.5. The molecule has 1 aromatic heterocycles. The molecule has 0 aliphatic carbocycles. The SMILES string of the molecule is CNC(c1c(Cl)cnn1CCN(C)C)C1(C)CCCO1. The van der Waals surface area contributed by atoms with Crippen molar-refractivity contribution in [3.05, 3.63) is 16.9 Å². The minimum Gasteiger partial charge on any atom is -0.373 e. The van der Waals surface area contributed by atoms with Crippen LogP contribution in [0.1, 0.15) is 31.5 Å². The van der Waals surface area contributed by atoms with E-state index >= 15 is 0 Å². The molecule has 114 valence electrons. The molecule has 5 nitrogen and oxygen atoms in total. The quantitative estimate of drug-likeness (QED) is 0.872. The van der Waals surface area contributed by atoms with Crippen LogP contribution in [-0.2, 0) is 11.3 Å². The second-order valence-electron chi connectivity index (χ2n) is 5.89. The van der Waals surface area contributed by atoms with Crippen molar-refractivity contribution in [3.63, 3.8) is 0 Å². The van der Waals surface area contributed by atoms with E-state index in [1.54, 1.807) is 6.20 Å². The molecule has 1 aromatic rings. The van der Waals surface area contributed by atoms with E-state index in [1.165, 1.54) is 0 Å². The maximum Gasteiger partial charge on any atom is 0.0864 e. The molecule has 2 heterocycles. The number of likely N-dealkylation sites (N-methyl/N-ethyl adjacent to an activating group) is 2. The normalized spacial score (nSPS) is 24.5. The predicted octanol–water partition coefficient (Wildman–Crippen LogP) is 1.93. The highest BCUT2D eigenvalue weighted by Crippen LogP contribution is 2.39. The highest BCUT2D eigenvalue weighted by Gasteiger charge is 2.41. The summed E-state index contributed by atoms with van der Waals surface area (Å²) in [6.07, 6.45) is 3.86. The van der Waals surface area contributed by atoms with Gasteiger partial charge in [0.15, 0.2) is 0 Å². The highest BCUT2D eigenvalue weighted by molar-refractivity contribution is 6.31. The van der Waals surface area contributed by atoms with Crippen LogP contribution >= 0.6 is 11.6 Å². The van der Waals surface area contributed by atoms with Crippen molar-refractivity contribution in [3.8, 4) is 0 Å². The number of nitrogens with zero attached hydrogens (tertiary/aromatic N) is 3. The van der Waals surface area contributed by atoms with E-state index in [0.29, 0.717) is 5.02 Å². The molecule has 1 aliphatic rings. The first-order valence-corrected chi connectivity index (χ1v) is 7.53. The Labute approximate surface area is 126 Å². The van der Waals surface area contributed by atoms with Gasteiger partial charge in [0.1, 0.15) is 0 Å². The van der Waals surface area contributed by atoms with Gasteiger partial charge in [-0.05, 0) is 40.9 Å². The minimum atomic E-state index is -0.214. The lowest BCUT2D eigenvalue weighted by Gasteiger charge is -2.33. The fraction of sp³-hybridized carbons (Fsp3) is 0.786. The van der Waals surface area contributed by atoms with Crippen molar-refractivity contribution in [2.24, 2.45) is 0 Å². The van der Waals surface area contributed by atoms with E-state index in [1.807, 2.05) is 11.7 Å². The Bertz CT molecular complexity index is 440. The Kier molecular flexibility index (Phi) is 5.07. The van der Waals surface area contributed by atoms with Crippen molar-refractivity contribution in [1.82, 2.24) is 20.0 Å². The van der Waals surface area contributed by atoms with Crippen LogP contribution in [0.15, 0.2) is 6.20 Å². The molecule has 2 unspecified atom stereocenters. The zero-order valence-corrected chi connectivity index (χ0v) is 13.6. The summed E-state index contributed by atoms with van der Waals surface area (Å²) in [5, 5.41) is 8.50. The first-order chi connectivity index (χ1) is 9.48. The van der Waals surface area contributed by atoms with Gasteiger partial charge >= 0.3 is 0 Å². The molecule has 1 fully saturated rings. The average molecular weight is 301 g/mol. The van der Waals surface area contributed by atoms with Crippen molar-refractivity contribution in [2.75, 3.05) is 34.3 Å². The number of nitrogens with one attached hydrogen (secondary N) is 1. The van der Waals surface area contributed by atoms with Gasteiger partial charge in [-0.1, -0.05) is 11.6 Å². The van der Waals surface area contributed by atoms with Crippen LogP contribution in [0.5, 0.6) is 0 Å². The molecule has 6 heteroatoms. The van der Waals surface area contributed by atoms with Crippen molar-refractivity contribution in [2.45, 2.75) is 38.0 Å². The van der Waals surface area contributed by atoms with Gasteiger partial charge in [-0.2, -0.15) is 5.10 Å². The number of halogens is 1. The summed E-state index contributed by atoms with van der Waals surface area (Å²) < 4.78 is 7.98. The van der Waals surface area contributed by atoms with Crippen LogP contribution in [0.25, 0.3) is 0 Å². The molecule has 1 N–H and O–H groups in total. The van der Waals surface area contributed by atoms with Gasteiger partial charge in [-0.15, -0.1) is 0 Å². The van der Waals surface area contributed by atoms with Gasteiger partial charge in [0, 0.05) is 13.2 Å². The summed E-state index contributed by atoms with van der Waals surface area (Å²) in [4.78, 5) is 2.14. The summed E-state index contributed by atoms with van der Waals surface area (Å²) >= 11 is 6.38. The Morgan fingerprint density at radius 1 is 1.60 bits per heavy atom. The molecular weight excluding hydrogens is 276 g/mol. The zero-order valence-electron chi connectivity index (χ0n) is 12.8. The van der Waals surface area contributed by atoms with Gasteiger partial charge in [-0.3, -0.25) is 4.68 Å². The fourth-order valence-electron chi connectivity index (χ4n) is 2.89. The van der Waals surface area contributed by atoms with Crippen LogP contribution in [0.2, 0.25) is 5.02 Å². The Hall–Kier alpha value is -0.620. The molecule has 0 radical (unpaired) electrons. The molecule has 2 atom stereocenters. The Balaban J connectivity index is 2.26. The number of rotatable bonds is 6. The molecule has 0 amide bonds. The van der Waals surface area contributed by atoms with E-state index in [-0.39, 0.29) is 11.6 Å². The van der Waals surface area contributed by atoms with Gasteiger partial charge in [0.05, 0.1) is 35.1 Å². The van der Waals surface area contributed by atoms with Crippen LogP contribution in [-0.4, -0.2) is 54.6 Å². The molecule has 0 bridgehead atoms. The lowest BCUT2D eigenvalue weighted by Crippen LogP contribution is -2.41. The average Bonchev–Trinajstić information content (AvgIpc) is 2.97. The molecule has 0 spiro atoms. The summed E-state index contributed by atoms with van der Waals surface area (Å²) in [6.45, 7) is 4.72. The van der Waals surface area contributed by atoms with Crippen molar-refractivity contribution < 1.29 is 4.74 Å². The van der Waals surface area contributed by atoms with Crippen LogP contribution < -0.4 is 5.32 Å². The first-order valence-electron chi connectivity index (χ1n) is 7.15. The largest absolute Gasteiger partial charge is 0.373 e. The van der Waals surface area contributed by atoms with E-state index in [4.69, 9.17) is 16.3 Å². The summed E-state index contributed by atoms with van der Waals surface area (Å²) in [5.74, 6) is 0. The second kappa shape index (κ2) is 6.43. The lowest BCUT2D eigenvalue weighted by atomic mass is 9.90. The third kappa shape index (κ3) is 3.17. The summed E-state index contributed by atoms with van der Waals surface area (Å²) in [5.41, 5.74) is 0.814. The van der Waals surface area contributed by atoms with Gasteiger partial charge in [0.25, 0.3) is 0 Å². The lowest BCUT2D eigenvalue weighted by molar-refractivity contribution is -0.0128. The number of hydrogen-bond acceptors (Lipinski definition) is 4. The standard InChI is InChI=1S/C14H25ClN4O/c1-14(6-5-9-20-14)13(16-2)12-11(15)10-17-19(12)8-7-18(3)4/h10,13,16H,5-9H2,1-4H3. The second-order valence-corrected chi connectivity index (χ2v) is 6.30. The van der Waals surface area contributed by atoms with Crippen LogP contribution in [0.4, 0.5) is 0 Å². The molecule has 0 aromatic carbocycles. The first kappa shape index (κ1) is 15.8. The Morgan fingerprint density at radius 3 is 2.90 bits per heavy atom. The van der Waals surface area contributed by atoms with Crippen molar-refractivity contribution >= 4 is 11.6 Å². The van der Waals surface area contributed by atoms with E-state index < -0.39 is 0 Å². The Morgan fingerprint density at radius 2 is 2.35 bits per heavy atom. The fourth-order valence-corrected chi connectivity index (χ4v) is 3.14. The predicted molar refractivity (Wildman–Crippen MR) is 81.2 cm³/mol. The minimum absolute atomic E-state index is 0.0576. The number of ether oxygens (including phenoxy) is 1. The molecule has 2 rings (SSSR count). The molecule has 20 heavy (non-hydrogen) atoms. The molecular formula is C14H25ClN4O. The maximum absolute atomic E-state index is 6.38. The smallest absolute Gasteiger partial charge is 0.0864 e. The van der Waals surface area contributed by atoms with E-state index in [2.05, 4.69) is 36.3 Å². The number of aromatic nitrogens is 2. The van der Waals surface area contributed by atoms with E-state index in [0.717, 1.165) is 38.2 Å². The maximum atomic E-state index is 6.38. The van der Waals surface area contributed by atoms with E-state index in [9.17, 15) is 0 Å². The molecule has 0 saturated carbocycles.